The second-order valence-electron chi connectivity index (χ2n) is 8.27. The van der Waals surface area contributed by atoms with Gasteiger partial charge in [0, 0.05) is 32.8 Å². The molecule has 1 aliphatic rings. The lowest BCUT2D eigenvalue weighted by Gasteiger charge is -2.46. The van der Waals surface area contributed by atoms with E-state index < -0.39 is 27.4 Å². The van der Waals surface area contributed by atoms with Crippen LogP contribution in [-0.2, 0) is 30.9 Å². The minimum absolute atomic E-state index is 0.0571. The summed E-state index contributed by atoms with van der Waals surface area (Å²) in [7, 11) is -3.98. The first-order valence-electron chi connectivity index (χ1n) is 11.1. The molecule has 0 unspecified atom stereocenters. The van der Waals surface area contributed by atoms with Gasteiger partial charge in [-0.3, -0.25) is 9.59 Å². The molecule has 1 saturated heterocycles. The van der Waals surface area contributed by atoms with E-state index in [1.165, 1.54) is 29.2 Å². The quantitative estimate of drug-likeness (QED) is 0.514. The lowest BCUT2D eigenvalue weighted by Crippen LogP contribution is -2.69. The van der Waals surface area contributed by atoms with Crippen LogP contribution in [0.25, 0.3) is 0 Å². The Bertz CT molecular complexity index is 1100. The van der Waals surface area contributed by atoms with E-state index >= 15 is 0 Å². The van der Waals surface area contributed by atoms with Gasteiger partial charge in [-0.1, -0.05) is 30.3 Å². The van der Waals surface area contributed by atoms with Crippen LogP contribution in [0, 0.1) is 5.82 Å². The van der Waals surface area contributed by atoms with Crippen molar-refractivity contribution >= 4 is 21.8 Å². The number of benzene rings is 2. The zero-order valence-corrected chi connectivity index (χ0v) is 20.2. The molecule has 2 aromatic rings. The van der Waals surface area contributed by atoms with Crippen LogP contribution < -0.4 is 5.32 Å². The SMILES string of the molecule is CCOCCCN1C(=O)CN(S(=O)(=O)c2ccccc2)C[C@]1(C)C(=O)NCc1ccc(F)cc1. The van der Waals surface area contributed by atoms with E-state index in [0.717, 1.165) is 4.31 Å². The number of amides is 2. The fourth-order valence-electron chi connectivity index (χ4n) is 3.92. The molecule has 0 aliphatic carbocycles. The maximum absolute atomic E-state index is 13.4. The van der Waals surface area contributed by atoms with Crippen LogP contribution in [0.3, 0.4) is 0 Å². The van der Waals surface area contributed by atoms with Crippen molar-refractivity contribution in [3.8, 4) is 0 Å². The Morgan fingerprint density at radius 2 is 1.82 bits per heavy atom. The summed E-state index contributed by atoms with van der Waals surface area (Å²) in [5, 5.41) is 2.78. The lowest BCUT2D eigenvalue weighted by molar-refractivity contribution is -0.153. The van der Waals surface area contributed by atoms with Gasteiger partial charge in [0.2, 0.25) is 21.8 Å². The second kappa shape index (κ2) is 11.1. The summed E-state index contributed by atoms with van der Waals surface area (Å²) in [6, 6.07) is 13.5. The normalized spacial score (nSPS) is 19.3. The van der Waals surface area contributed by atoms with E-state index in [1.54, 1.807) is 37.3 Å². The van der Waals surface area contributed by atoms with Crippen LogP contribution in [0.15, 0.2) is 59.5 Å². The lowest BCUT2D eigenvalue weighted by atomic mass is 9.95. The minimum Gasteiger partial charge on any atom is -0.382 e. The third-order valence-corrected chi connectivity index (χ3v) is 7.61. The molecule has 0 spiro atoms. The summed E-state index contributed by atoms with van der Waals surface area (Å²) in [6.07, 6.45) is 0.506. The van der Waals surface area contributed by atoms with E-state index in [9.17, 15) is 22.4 Å². The van der Waals surface area contributed by atoms with Crippen molar-refractivity contribution in [1.82, 2.24) is 14.5 Å². The molecule has 2 aromatic carbocycles. The van der Waals surface area contributed by atoms with Crippen LogP contribution in [0.1, 0.15) is 25.8 Å². The third-order valence-electron chi connectivity index (χ3n) is 5.80. The van der Waals surface area contributed by atoms with Gasteiger partial charge in [-0.05, 0) is 50.1 Å². The van der Waals surface area contributed by atoms with Crippen molar-refractivity contribution in [1.29, 1.82) is 0 Å². The largest absolute Gasteiger partial charge is 0.382 e. The monoisotopic (exact) mass is 491 g/mol. The summed E-state index contributed by atoms with van der Waals surface area (Å²) in [5.41, 5.74) is -0.763. The summed E-state index contributed by atoms with van der Waals surface area (Å²) in [6.45, 7) is 4.20. The number of piperazine rings is 1. The summed E-state index contributed by atoms with van der Waals surface area (Å²) >= 11 is 0. The van der Waals surface area contributed by atoms with E-state index in [-0.39, 0.29) is 36.9 Å². The maximum atomic E-state index is 13.4. The number of hydrogen-bond donors (Lipinski definition) is 1. The van der Waals surface area contributed by atoms with Gasteiger partial charge in [-0.15, -0.1) is 0 Å². The van der Waals surface area contributed by atoms with Gasteiger partial charge in [0.15, 0.2) is 0 Å². The molecule has 3 rings (SSSR count). The van der Waals surface area contributed by atoms with Gasteiger partial charge < -0.3 is 15.0 Å². The number of sulfonamides is 1. The zero-order chi connectivity index (χ0) is 24.8. The molecule has 2 amide bonds. The molecule has 1 aliphatic heterocycles. The summed E-state index contributed by atoms with van der Waals surface area (Å²) in [5.74, 6) is -1.33. The molecule has 0 saturated carbocycles. The van der Waals surface area contributed by atoms with Crippen molar-refractivity contribution in [3.05, 3.63) is 66.0 Å². The van der Waals surface area contributed by atoms with Gasteiger partial charge in [0.1, 0.15) is 11.4 Å². The molecule has 0 aromatic heterocycles. The second-order valence-corrected chi connectivity index (χ2v) is 10.2. The first-order chi connectivity index (χ1) is 16.2. The smallest absolute Gasteiger partial charge is 0.247 e. The highest BCUT2D eigenvalue weighted by atomic mass is 32.2. The molecular formula is C24H30FN3O5S. The first kappa shape index (κ1) is 25.8. The topological polar surface area (TPSA) is 96.0 Å². The molecule has 184 valence electrons. The maximum Gasteiger partial charge on any atom is 0.247 e. The van der Waals surface area contributed by atoms with Crippen LogP contribution in [0.2, 0.25) is 0 Å². The van der Waals surface area contributed by atoms with E-state index in [2.05, 4.69) is 5.32 Å². The molecule has 8 nitrogen and oxygen atoms in total. The van der Waals surface area contributed by atoms with Gasteiger partial charge >= 0.3 is 0 Å². The Labute approximate surface area is 199 Å². The molecule has 1 fully saturated rings. The first-order valence-corrected chi connectivity index (χ1v) is 12.6. The number of halogens is 1. The molecular weight excluding hydrogens is 461 g/mol. The molecule has 10 heteroatoms. The predicted octanol–water partition coefficient (Wildman–Crippen LogP) is 2.16. The number of ether oxygens (including phenoxy) is 1. The number of rotatable bonds is 10. The summed E-state index contributed by atoms with van der Waals surface area (Å²) in [4.78, 5) is 28.0. The number of nitrogens with one attached hydrogen (secondary N) is 1. The zero-order valence-electron chi connectivity index (χ0n) is 19.4. The van der Waals surface area contributed by atoms with Gasteiger partial charge in [0.25, 0.3) is 0 Å². The molecule has 1 N–H and O–H groups in total. The van der Waals surface area contributed by atoms with Gasteiger partial charge in [-0.25, -0.2) is 12.8 Å². The Balaban J connectivity index is 1.85. The van der Waals surface area contributed by atoms with Crippen LogP contribution in [0.5, 0.6) is 0 Å². The highest BCUT2D eigenvalue weighted by Gasteiger charge is 2.50. The van der Waals surface area contributed by atoms with Crippen LogP contribution in [0.4, 0.5) is 4.39 Å². The Morgan fingerprint density at radius 3 is 2.47 bits per heavy atom. The highest BCUT2D eigenvalue weighted by molar-refractivity contribution is 7.89. The Hall–Kier alpha value is -2.82. The number of hydrogen-bond acceptors (Lipinski definition) is 5. The van der Waals surface area contributed by atoms with Gasteiger partial charge in [0.05, 0.1) is 11.4 Å². The molecule has 0 radical (unpaired) electrons. The number of carbonyl (C=O) groups excluding carboxylic acids is 2. The van der Waals surface area contributed by atoms with E-state index in [4.69, 9.17) is 4.74 Å². The molecule has 1 atom stereocenters. The van der Waals surface area contributed by atoms with Crippen molar-refractivity contribution in [2.24, 2.45) is 0 Å². The minimum atomic E-state index is -3.98. The molecule has 1 heterocycles. The van der Waals surface area contributed by atoms with Gasteiger partial charge in [-0.2, -0.15) is 4.31 Å². The fourth-order valence-corrected chi connectivity index (χ4v) is 5.42. The third kappa shape index (κ3) is 5.81. The standard InChI is InChI=1S/C24H30FN3O5S/c1-3-33-15-7-14-28-22(29)17-27(34(31,32)21-8-5-4-6-9-21)18-24(28,2)23(30)26-16-19-10-12-20(25)13-11-19/h4-6,8-13H,3,7,14-18H2,1-2H3,(H,26,30)/t24-/m1/s1. The van der Waals surface area contributed by atoms with Crippen molar-refractivity contribution in [2.75, 3.05) is 32.8 Å². The van der Waals surface area contributed by atoms with Crippen molar-refractivity contribution in [3.63, 3.8) is 0 Å². The van der Waals surface area contributed by atoms with Crippen LogP contribution >= 0.6 is 0 Å². The van der Waals surface area contributed by atoms with E-state index in [1.807, 2.05) is 6.92 Å². The summed E-state index contributed by atoms with van der Waals surface area (Å²) < 4.78 is 46.1. The predicted molar refractivity (Wildman–Crippen MR) is 125 cm³/mol. The van der Waals surface area contributed by atoms with Crippen molar-refractivity contribution < 1.29 is 27.1 Å². The number of nitrogens with zero attached hydrogens (tertiary/aromatic N) is 2. The average molecular weight is 492 g/mol. The number of carbonyl (C=O) groups is 2. The average Bonchev–Trinajstić information content (AvgIpc) is 2.83. The van der Waals surface area contributed by atoms with E-state index in [0.29, 0.717) is 25.2 Å². The molecule has 34 heavy (non-hydrogen) atoms. The molecule has 0 bridgehead atoms. The fraction of sp³-hybridized carbons (Fsp3) is 0.417. The van der Waals surface area contributed by atoms with Crippen LogP contribution in [-0.4, -0.2) is 67.8 Å². The Kier molecular flexibility index (Phi) is 8.40. The highest BCUT2D eigenvalue weighted by Crippen LogP contribution is 2.28. The van der Waals surface area contributed by atoms with Crippen molar-refractivity contribution in [2.45, 2.75) is 37.2 Å². The Morgan fingerprint density at radius 1 is 1.15 bits per heavy atom.